The molecule has 1 aliphatic heterocycles. The molecule has 0 bridgehead atoms. The van der Waals surface area contributed by atoms with Gasteiger partial charge in [-0.1, -0.05) is 0 Å². The summed E-state index contributed by atoms with van der Waals surface area (Å²) in [7, 11) is 0. The minimum Gasteiger partial charge on any atom is -0.297 e. The van der Waals surface area contributed by atoms with Gasteiger partial charge in [0.25, 0.3) is 0 Å². The molecule has 7 heteroatoms. The van der Waals surface area contributed by atoms with Crippen LogP contribution in [0.2, 0.25) is 0 Å². The molecule has 3 aromatic rings. The van der Waals surface area contributed by atoms with Crippen LogP contribution in [0.3, 0.4) is 0 Å². The van der Waals surface area contributed by atoms with Crippen LogP contribution in [0.25, 0.3) is 11.4 Å². The van der Waals surface area contributed by atoms with Gasteiger partial charge in [0.1, 0.15) is 0 Å². The Labute approximate surface area is 161 Å². The highest BCUT2D eigenvalue weighted by Crippen LogP contribution is 2.39. The van der Waals surface area contributed by atoms with E-state index in [0.29, 0.717) is 12.1 Å². The van der Waals surface area contributed by atoms with Gasteiger partial charge in [-0.15, -0.1) is 11.3 Å². The van der Waals surface area contributed by atoms with E-state index in [-0.39, 0.29) is 0 Å². The van der Waals surface area contributed by atoms with Gasteiger partial charge < -0.3 is 0 Å². The Bertz CT molecular complexity index is 983. The predicted octanol–water partition coefficient (Wildman–Crippen LogP) is 4.45. The van der Waals surface area contributed by atoms with Crippen LogP contribution >= 0.6 is 23.6 Å². The summed E-state index contributed by atoms with van der Waals surface area (Å²) < 4.78 is 5.09. The summed E-state index contributed by atoms with van der Waals surface area (Å²) in [5, 5.41) is 7.13. The fraction of sp³-hybridized carbons (Fsp3) is 0.421. The maximum Gasteiger partial charge on any atom is 0.199 e. The van der Waals surface area contributed by atoms with Crippen molar-refractivity contribution >= 4 is 23.6 Å². The lowest BCUT2D eigenvalue weighted by atomic mass is 10.0. The van der Waals surface area contributed by atoms with Crippen molar-refractivity contribution in [1.29, 1.82) is 0 Å². The van der Waals surface area contributed by atoms with Gasteiger partial charge in [0.2, 0.25) is 0 Å². The lowest BCUT2D eigenvalue weighted by Crippen LogP contribution is -2.35. The van der Waals surface area contributed by atoms with Crippen molar-refractivity contribution in [2.45, 2.75) is 44.9 Å². The van der Waals surface area contributed by atoms with Crippen molar-refractivity contribution in [2.24, 2.45) is 0 Å². The average Bonchev–Trinajstić information content (AvgIpc) is 3.28. The summed E-state index contributed by atoms with van der Waals surface area (Å²) in [6.07, 6.45) is 7.14. The van der Waals surface area contributed by atoms with E-state index in [1.807, 2.05) is 40.5 Å². The summed E-state index contributed by atoms with van der Waals surface area (Å²) in [4.78, 5) is 8.14. The summed E-state index contributed by atoms with van der Waals surface area (Å²) >= 11 is 7.70. The van der Waals surface area contributed by atoms with Crippen LogP contribution in [0.4, 0.5) is 0 Å². The minimum absolute atomic E-state index is 0.405. The maximum atomic E-state index is 5.82. The van der Waals surface area contributed by atoms with Crippen LogP contribution < -0.4 is 0 Å². The fourth-order valence-corrected chi connectivity index (χ4v) is 5.10. The molecule has 0 radical (unpaired) electrons. The number of pyridine rings is 1. The highest BCUT2D eigenvalue weighted by Gasteiger charge is 2.30. The zero-order chi connectivity index (χ0) is 17.7. The second-order valence-corrected chi connectivity index (χ2v) is 8.49. The van der Waals surface area contributed by atoms with Gasteiger partial charge in [0, 0.05) is 41.5 Å². The Balaban J connectivity index is 1.50. The third-order valence-electron chi connectivity index (χ3n) is 5.44. The lowest BCUT2D eigenvalue weighted by Gasteiger charge is -2.33. The molecule has 4 heterocycles. The van der Waals surface area contributed by atoms with Gasteiger partial charge >= 0.3 is 0 Å². The van der Waals surface area contributed by atoms with Crippen molar-refractivity contribution in [3.05, 3.63) is 51.2 Å². The molecular formula is C19H21N5S2. The molecule has 0 aromatic carbocycles. The molecule has 0 N–H and O–H groups in total. The minimum atomic E-state index is 0.405. The highest BCUT2D eigenvalue weighted by molar-refractivity contribution is 7.71. The summed E-state index contributed by atoms with van der Waals surface area (Å²) in [5.74, 6) is 0.973. The molecule has 1 aliphatic carbocycles. The Morgan fingerprint density at radius 2 is 2.04 bits per heavy atom. The molecular weight excluding hydrogens is 362 g/mol. The van der Waals surface area contributed by atoms with Crippen LogP contribution in [0.5, 0.6) is 0 Å². The van der Waals surface area contributed by atoms with Crippen LogP contribution in [0, 0.1) is 4.77 Å². The molecule has 134 valence electrons. The third-order valence-corrected chi connectivity index (χ3v) is 6.84. The van der Waals surface area contributed by atoms with Crippen molar-refractivity contribution in [3.8, 4) is 11.4 Å². The molecule has 5 nitrogen and oxygen atoms in total. The molecule has 1 unspecified atom stereocenters. The molecule has 1 atom stereocenters. The second kappa shape index (κ2) is 6.40. The first kappa shape index (κ1) is 16.4. The van der Waals surface area contributed by atoms with E-state index in [1.165, 1.54) is 23.3 Å². The lowest BCUT2D eigenvalue weighted by molar-refractivity contribution is 0.144. The Morgan fingerprint density at radius 3 is 2.81 bits per heavy atom. The van der Waals surface area contributed by atoms with E-state index in [9.17, 15) is 0 Å². The predicted molar refractivity (Wildman–Crippen MR) is 106 cm³/mol. The molecule has 0 spiro atoms. The topological polar surface area (TPSA) is 38.9 Å². The standard InChI is InChI=1S/C19H21N5S2/c1-13-16-7-11-26-17(16)6-10-22(13)12-23-19(25)24(15-2-3-15)18(21-23)14-4-8-20-9-5-14/h4-5,7-9,11,13,15H,2-3,6,10,12H2,1H3. The quantitative estimate of drug-likeness (QED) is 0.624. The van der Waals surface area contributed by atoms with Gasteiger partial charge in [0.05, 0.1) is 6.67 Å². The van der Waals surface area contributed by atoms with Crippen molar-refractivity contribution in [1.82, 2.24) is 24.2 Å². The number of hydrogen-bond donors (Lipinski definition) is 0. The van der Waals surface area contributed by atoms with Crippen LogP contribution in [0.1, 0.15) is 42.3 Å². The Morgan fingerprint density at radius 1 is 1.23 bits per heavy atom. The largest absolute Gasteiger partial charge is 0.297 e. The summed E-state index contributed by atoms with van der Waals surface area (Å²) in [6, 6.07) is 7.20. The van der Waals surface area contributed by atoms with Gasteiger partial charge in [-0.25, -0.2) is 4.68 Å². The first-order valence-corrected chi connectivity index (χ1v) is 10.4. The first-order valence-electron chi connectivity index (χ1n) is 9.12. The average molecular weight is 384 g/mol. The van der Waals surface area contributed by atoms with Gasteiger partial charge in [-0.3, -0.25) is 14.5 Å². The van der Waals surface area contributed by atoms with Crippen molar-refractivity contribution < 1.29 is 0 Å². The van der Waals surface area contributed by atoms with E-state index in [4.69, 9.17) is 17.3 Å². The summed E-state index contributed by atoms with van der Waals surface area (Å²) in [5.41, 5.74) is 2.55. The number of rotatable bonds is 4. The highest BCUT2D eigenvalue weighted by atomic mass is 32.1. The van der Waals surface area contributed by atoms with Gasteiger partial charge in [-0.05, 0) is 67.5 Å². The van der Waals surface area contributed by atoms with E-state index in [1.54, 1.807) is 0 Å². The Hall–Kier alpha value is -1.83. The number of nitrogens with zero attached hydrogens (tertiary/aromatic N) is 5. The molecule has 1 fully saturated rings. The SMILES string of the molecule is CC1c2ccsc2CCN1Cn1nc(-c2ccncc2)n(C2CC2)c1=S. The zero-order valence-corrected chi connectivity index (χ0v) is 16.3. The molecule has 26 heavy (non-hydrogen) atoms. The van der Waals surface area contributed by atoms with E-state index in [2.05, 4.69) is 32.8 Å². The molecule has 3 aromatic heterocycles. The Kier molecular flexibility index (Phi) is 4.03. The molecule has 2 aliphatic rings. The van der Waals surface area contributed by atoms with Crippen LogP contribution in [-0.2, 0) is 13.1 Å². The van der Waals surface area contributed by atoms with E-state index in [0.717, 1.165) is 35.8 Å². The first-order chi connectivity index (χ1) is 12.7. The number of hydrogen-bond acceptors (Lipinski definition) is 5. The number of fused-ring (bicyclic) bond motifs is 1. The molecule has 1 saturated carbocycles. The number of thiophene rings is 1. The normalized spacial score (nSPS) is 20.3. The van der Waals surface area contributed by atoms with E-state index >= 15 is 0 Å². The third kappa shape index (κ3) is 2.74. The monoisotopic (exact) mass is 383 g/mol. The van der Waals surface area contributed by atoms with Gasteiger partial charge in [0.15, 0.2) is 10.6 Å². The van der Waals surface area contributed by atoms with Crippen LogP contribution in [0.15, 0.2) is 36.0 Å². The molecule has 0 saturated heterocycles. The maximum absolute atomic E-state index is 5.82. The molecule has 0 amide bonds. The van der Waals surface area contributed by atoms with Crippen molar-refractivity contribution in [3.63, 3.8) is 0 Å². The molecule has 5 rings (SSSR count). The van der Waals surface area contributed by atoms with Gasteiger partial charge in [-0.2, -0.15) is 5.10 Å². The fourth-order valence-electron chi connectivity index (χ4n) is 3.80. The van der Waals surface area contributed by atoms with Crippen LogP contribution in [-0.4, -0.2) is 30.8 Å². The second-order valence-electron chi connectivity index (χ2n) is 7.12. The smallest absolute Gasteiger partial charge is 0.199 e. The zero-order valence-electron chi connectivity index (χ0n) is 14.7. The van der Waals surface area contributed by atoms with E-state index < -0.39 is 0 Å². The number of aromatic nitrogens is 4. The summed E-state index contributed by atoms with van der Waals surface area (Å²) in [6.45, 7) is 4.08. The van der Waals surface area contributed by atoms with Crippen molar-refractivity contribution in [2.75, 3.05) is 6.54 Å².